The van der Waals surface area contributed by atoms with E-state index in [1.165, 1.54) is 11.1 Å². The van der Waals surface area contributed by atoms with Crippen LogP contribution in [0.5, 0.6) is 0 Å². The van der Waals surface area contributed by atoms with E-state index < -0.39 is 0 Å². The number of fused-ring (bicyclic) bond motifs is 1. The maximum Gasteiger partial charge on any atom is 0.291 e. The van der Waals surface area contributed by atoms with Gasteiger partial charge < -0.3 is 4.74 Å². The molecule has 0 fully saturated rings. The first-order valence-corrected chi connectivity index (χ1v) is 10.0. The Morgan fingerprint density at radius 3 is 2.31 bits per heavy atom. The van der Waals surface area contributed by atoms with E-state index in [1.54, 1.807) is 0 Å². The van der Waals surface area contributed by atoms with Gasteiger partial charge in [-0.1, -0.05) is 60.7 Å². The van der Waals surface area contributed by atoms with Crippen molar-refractivity contribution in [3.05, 3.63) is 94.2 Å². The normalized spacial score (nSPS) is 14.7. The molecule has 0 saturated carbocycles. The van der Waals surface area contributed by atoms with Gasteiger partial charge in [0.15, 0.2) is 0 Å². The van der Waals surface area contributed by atoms with Crippen molar-refractivity contribution in [2.45, 2.75) is 45.4 Å². The highest BCUT2D eigenvalue weighted by Gasteiger charge is 2.33. The Morgan fingerprint density at radius 1 is 1.00 bits per heavy atom. The number of aromatic nitrogens is 1. The quantitative estimate of drug-likeness (QED) is 0.708. The second-order valence-electron chi connectivity index (χ2n) is 8.15. The molecule has 2 aromatic carbocycles. The van der Waals surface area contributed by atoms with E-state index in [1.807, 2.05) is 24.3 Å². The smallest absolute Gasteiger partial charge is 0.291 e. The lowest BCUT2D eigenvalue weighted by atomic mass is 9.87. The second kappa shape index (κ2) is 8.06. The minimum atomic E-state index is -0.277. The van der Waals surface area contributed by atoms with Crippen LogP contribution in [0, 0.1) is 11.3 Å². The molecule has 0 radical (unpaired) electrons. The summed E-state index contributed by atoms with van der Waals surface area (Å²) in [5.41, 5.74) is 6.16. The summed E-state index contributed by atoms with van der Waals surface area (Å²) in [6, 6.07) is 23.1. The summed E-state index contributed by atoms with van der Waals surface area (Å²) in [7, 11) is 0. The summed E-state index contributed by atoms with van der Waals surface area (Å²) in [6.07, 6.45) is 1.50. The van der Waals surface area contributed by atoms with Crippen molar-refractivity contribution >= 4 is 5.82 Å². The molecular weight excluding hydrogens is 358 g/mol. The van der Waals surface area contributed by atoms with Crippen LogP contribution in [0.25, 0.3) is 0 Å². The number of aromatic amines is 1. The van der Waals surface area contributed by atoms with Crippen LogP contribution in [-0.4, -0.2) is 5.60 Å². The number of nitrogens with zero attached hydrogens (tertiary/aromatic N) is 1. The van der Waals surface area contributed by atoms with Crippen LogP contribution in [0.15, 0.2) is 60.7 Å². The van der Waals surface area contributed by atoms with E-state index in [4.69, 9.17) is 4.74 Å². The SMILES string of the molecule is CC1(C)Cc2c(C#N)c(NCc3ccccc3)[nH+]c(Cc3ccccc3)c2CO1. The molecular formula is C25H26N3O+. The molecule has 4 heteroatoms. The second-order valence-corrected chi connectivity index (χ2v) is 8.15. The Bertz CT molecular complexity index is 1040. The van der Waals surface area contributed by atoms with Gasteiger partial charge >= 0.3 is 0 Å². The molecule has 0 spiro atoms. The van der Waals surface area contributed by atoms with Gasteiger partial charge in [0.05, 0.1) is 12.2 Å². The van der Waals surface area contributed by atoms with Crippen LogP contribution in [0.4, 0.5) is 5.82 Å². The third kappa shape index (κ3) is 4.31. The van der Waals surface area contributed by atoms with Crippen molar-refractivity contribution in [1.29, 1.82) is 5.26 Å². The van der Waals surface area contributed by atoms with Crippen molar-refractivity contribution in [3.8, 4) is 6.07 Å². The molecule has 1 aliphatic heterocycles. The molecule has 3 aromatic rings. The Morgan fingerprint density at radius 2 is 1.66 bits per heavy atom. The van der Waals surface area contributed by atoms with Crippen LogP contribution in [0.2, 0.25) is 0 Å². The minimum absolute atomic E-state index is 0.277. The van der Waals surface area contributed by atoms with Crippen LogP contribution >= 0.6 is 0 Å². The minimum Gasteiger partial charge on any atom is -0.370 e. The summed E-state index contributed by atoms with van der Waals surface area (Å²) in [5, 5.41) is 13.4. The van der Waals surface area contributed by atoms with Gasteiger partial charge in [-0.15, -0.1) is 0 Å². The van der Waals surface area contributed by atoms with Gasteiger partial charge in [0.1, 0.15) is 23.9 Å². The summed E-state index contributed by atoms with van der Waals surface area (Å²) in [6.45, 7) is 5.35. The zero-order chi connectivity index (χ0) is 20.3. The van der Waals surface area contributed by atoms with Gasteiger partial charge in [-0.05, 0) is 30.5 Å². The van der Waals surface area contributed by atoms with Crippen LogP contribution < -0.4 is 10.3 Å². The third-order valence-corrected chi connectivity index (χ3v) is 5.41. The van der Waals surface area contributed by atoms with E-state index in [2.05, 4.69) is 66.6 Å². The summed E-state index contributed by atoms with van der Waals surface area (Å²) < 4.78 is 6.09. The average molecular weight is 385 g/mol. The number of nitrogens with one attached hydrogen (secondary N) is 2. The molecule has 2 N–H and O–H groups in total. The molecule has 0 bridgehead atoms. The molecule has 1 aromatic heterocycles. The topological polar surface area (TPSA) is 59.2 Å². The predicted octanol–water partition coefficient (Wildman–Crippen LogP) is 4.43. The lowest BCUT2D eigenvalue weighted by molar-refractivity contribution is -0.375. The zero-order valence-electron chi connectivity index (χ0n) is 17.0. The number of anilines is 1. The van der Waals surface area contributed by atoms with Gasteiger partial charge in [-0.2, -0.15) is 5.26 Å². The highest BCUT2D eigenvalue weighted by Crippen LogP contribution is 2.33. The van der Waals surface area contributed by atoms with Crippen LogP contribution in [-0.2, 0) is 30.7 Å². The fraction of sp³-hybridized carbons (Fsp3) is 0.280. The maximum absolute atomic E-state index is 9.97. The Kier molecular flexibility index (Phi) is 5.33. The highest BCUT2D eigenvalue weighted by molar-refractivity contribution is 5.57. The zero-order valence-corrected chi connectivity index (χ0v) is 17.0. The van der Waals surface area contributed by atoms with E-state index in [-0.39, 0.29) is 5.60 Å². The fourth-order valence-corrected chi connectivity index (χ4v) is 3.88. The highest BCUT2D eigenvalue weighted by atomic mass is 16.5. The van der Waals surface area contributed by atoms with Gasteiger partial charge in [0.2, 0.25) is 0 Å². The average Bonchev–Trinajstić information content (AvgIpc) is 2.73. The lowest BCUT2D eigenvalue weighted by Gasteiger charge is -2.32. The van der Waals surface area contributed by atoms with Crippen molar-refractivity contribution in [2.75, 3.05) is 5.32 Å². The molecule has 1 aliphatic rings. The van der Waals surface area contributed by atoms with Gasteiger partial charge in [-0.3, -0.25) is 5.32 Å². The largest absolute Gasteiger partial charge is 0.370 e. The number of hydrogen-bond donors (Lipinski definition) is 1. The molecule has 4 nitrogen and oxygen atoms in total. The maximum atomic E-state index is 9.97. The van der Waals surface area contributed by atoms with E-state index in [0.29, 0.717) is 18.7 Å². The number of rotatable bonds is 5. The molecule has 0 saturated heterocycles. The first-order valence-electron chi connectivity index (χ1n) is 10.0. The van der Waals surface area contributed by atoms with Crippen LogP contribution in [0.1, 0.15) is 47.4 Å². The molecule has 0 atom stereocenters. The van der Waals surface area contributed by atoms with Crippen molar-refractivity contribution in [2.24, 2.45) is 0 Å². The molecule has 4 rings (SSSR count). The predicted molar refractivity (Wildman–Crippen MR) is 113 cm³/mol. The summed E-state index contributed by atoms with van der Waals surface area (Å²) >= 11 is 0. The third-order valence-electron chi connectivity index (χ3n) is 5.41. The number of nitriles is 1. The molecule has 2 heterocycles. The molecule has 146 valence electrons. The number of pyridine rings is 1. The molecule has 0 amide bonds. The van der Waals surface area contributed by atoms with E-state index in [9.17, 15) is 5.26 Å². The Hall–Kier alpha value is -3.16. The molecule has 0 unspecified atom stereocenters. The number of H-pyrrole nitrogens is 1. The Balaban J connectivity index is 1.75. The van der Waals surface area contributed by atoms with Crippen molar-refractivity contribution < 1.29 is 9.72 Å². The van der Waals surface area contributed by atoms with Crippen molar-refractivity contribution in [3.63, 3.8) is 0 Å². The van der Waals surface area contributed by atoms with E-state index in [0.717, 1.165) is 35.5 Å². The first kappa shape index (κ1) is 19.2. The number of ether oxygens (including phenoxy) is 1. The Labute approximate surface area is 172 Å². The van der Waals surface area contributed by atoms with Gasteiger partial charge in [-0.25, -0.2) is 4.98 Å². The number of benzene rings is 2. The molecule has 0 aliphatic carbocycles. The van der Waals surface area contributed by atoms with Crippen molar-refractivity contribution in [1.82, 2.24) is 0 Å². The summed E-state index contributed by atoms with van der Waals surface area (Å²) in [5.74, 6) is 0.790. The standard InChI is InChI=1S/C25H25N3O/c1-25(2)14-20-21(15-26)24(27-16-19-11-7-4-8-12-19)28-23(22(20)17-29-25)13-18-9-5-3-6-10-18/h3-12H,13-14,16-17H2,1-2H3,(H,27,28)/p+1. The summed E-state index contributed by atoms with van der Waals surface area (Å²) in [4.78, 5) is 3.52. The fourth-order valence-electron chi connectivity index (χ4n) is 3.88. The first-order chi connectivity index (χ1) is 14.1. The van der Waals surface area contributed by atoms with E-state index >= 15 is 0 Å². The van der Waals surface area contributed by atoms with Crippen LogP contribution in [0.3, 0.4) is 0 Å². The van der Waals surface area contributed by atoms with Gasteiger partial charge in [0.25, 0.3) is 5.82 Å². The lowest BCUT2D eigenvalue weighted by Crippen LogP contribution is -2.36. The van der Waals surface area contributed by atoms with Gasteiger partial charge in [0, 0.05) is 18.4 Å². The number of hydrogen-bond acceptors (Lipinski definition) is 3. The monoisotopic (exact) mass is 384 g/mol. The molecule has 29 heavy (non-hydrogen) atoms.